The summed E-state index contributed by atoms with van der Waals surface area (Å²) in [4.78, 5) is 15.5. The Balaban J connectivity index is 2.09. The molecule has 0 aliphatic heterocycles. The molecule has 2 aromatic rings. The lowest BCUT2D eigenvalue weighted by Crippen LogP contribution is -2.34. The molecule has 0 spiro atoms. The van der Waals surface area contributed by atoms with Crippen LogP contribution in [0.3, 0.4) is 0 Å². The Labute approximate surface area is 126 Å². The monoisotopic (exact) mass is 287 g/mol. The molecule has 4 heteroatoms. The molecule has 0 fully saturated rings. The minimum Gasteiger partial charge on any atom is -0.399 e. The predicted octanol–water partition coefficient (Wildman–Crippen LogP) is 3.84. The summed E-state index contributed by atoms with van der Waals surface area (Å²) < 4.78 is 0. The molecule has 21 heavy (non-hydrogen) atoms. The minimum atomic E-state index is -0.0284. The lowest BCUT2D eigenvalue weighted by molar-refractivity contribution is 0.0928. The van der Waals surface area contributed by atoms with Crippen molar-refractivity contribution >= 4 is 22.5 Å². The van der Waals surface area contributed by atoms with Crippen LogP contribution >= 0.6 is 0 Å². The van der Waals surface area contributed by atoms with Crippen LogP contribution < -0.4 is 11.1 Å². The summed E-state index contributed by atoms with van der Waals surface area (Å²) in [5.74, 6) is -0.0284. The van der Waals surface area contributed by atoms with Gasteiger partial charge in [-0.1, -0.05) is 33.1 Å². The molecule has 114 valence electrons. The average molecular weight is 287 g/mol. The molecule has 2 rings (SSSR count). The number of aromatic nitrogens is 1. The van der Waals surface area contributed by atoms with Gasteiger partial charge < -0.3 is 16.0 Å². The van der Waals surface area contributed by atoms with Crippen molar-refractivity contribution in [3.05, 3.63) is 30.0 Å². The fourth-order valence-electron chi connectivity index (χ4n) is 2.62. The molecule has 4 N–H and O–H groups in total. The highest BCUT2D eigenvalue weighted by Gasteiger charge is 2.14. The molecule has 1 unspecified atom stereocenters. The van der Waals surface area contributed by atoms with Crippen LogP contribution in [0, 0.1) is 0 Å². The number of nitrogens with one attached hydrogen (secondary N) is 2. The zero-order chi connectivity index (χ0) is 15.2. The van der Waals surface area contributed by atoms with Crippen LogP contribution in [0.4, 0.5) is 5.69 Å². The highest BCUT2D eigenvalue weighted by molar-refractivity contribution is 5.98. The quantitative estimate of drug-likeness (QED) is 0.677. The van der Waals surface area contributed by atoms with E-state index in [2.05, 4.69) is 24.1 Å². The second-order valence-corrected chi connectivity index (χ2v) is 5.63. The fourth-order valence-corrected chi connectivity index (χ4v) is 2.62. The first kappa shape index (κ1) is 15.4. The number of anilines is 1. The van der Waals surface area contributed by atoms with Crippen molar-refractivity contribution in [2.75, 3.05) is 5.73 Å². The third kappa shape index (κ3) is 4.00. The van der Waals surface area contributed by atoms with Gasteiger partial charge in [0.2, 0.25) is 0 Å². The SMILES string of the molecule is CCCCC(CCC)NC(=O)c1cc2cc(N)ccc2[nH]1. The van der Waals surface area contributed by atoms with Crippen molar-refractivity contribution < 1.29 is 4.79 Å². The van der Waals surface area contributed by atoms with Gasteiger partial charge in [0.25, 0.3) is 5.91 Å². The van der Waals surface area contributed by atoms with Gasteiger partial charge in [0.15, 0.2) is 0 Å². The second-order valence-electron chi connectivity index (χ2n) is 5.63. The van der Waals surface area contributed by atoms with Crippen LogP contribution in [0.15, 0.2) is 24.3 Å². The first-order valence-corrected chi connectivity index (χ1v) is 7.83. The maximum atomic E-state index is 12.4. The molecule has 1 atom stereocenters. The van der Waals surface area contributed by atoms with Gasteiger partial charge in [-0.3, -0.25) is 4.79 Å². The summed E-state index contributed by atoms with van der Waals surface area (Å²) in [5.41, 5.74) is 8.02. The Morgan fingerprint density at radius 3 is 2.76 bits per heavy atom. The molecule has 1 aromatic heterocycles. The normalized spacial score (nSPS) is 12.5. The van der Waals surface area contributed by atoms with Crippen molar-refractivity contribution in [2.24, 2.45) is 0 Å². The van der Waals surface area contributed by atoms with E-state index in [0.717, 1.165) is 43.0 Å². The number of fused-ring (bicyclic) bond motifs is 1. The third-order valence-electron chi connectivity index (χ3n) is 3.77. The smallest absolute Gasteiger partial charge is 0.267 e. The number of amides is 1. The standard InChI is InChI=1S/C17H25N3O/c1-3-5-7-14(6-4-2)19-17(21)16-11-12-10-13(18)8-9-15(12)20-16/h8-11,14,20H,3-7,18H2,1-2H3,(H,19,21). The summed E-state index contributed by atoms with van der Waals surface area (Å²) in [6.45, 7) is 4.32. The number of rotatable bonds is 7. The molecule has 1 heterocycles. The summed E-state index contributed by atoms with van der Waals surface area (Å²) in [7, 11) is 0. The number of H-pyrrole nitrogens is 1. The highest BCUT2D eigenvalue weighted by Crippen LogP contribution is 2.18. The number of unbranched alkanes of at least 4 members (excludes halogenated alkanes) is 1. The molecule has 0 saturated carbocycles. The Hall–Kier alpha value is -1.97. The second kappa shape index (κ2) is 7.16. The lowest BCUT2D eigenvalue weighted by Gasteiger charge is -2.17. The number of nitrogens with two attached hydrogens (primary N) is 1. The number of hydrogen-bond donors (Lipinski definition) is 3. The molecular formula is C17H25N3O. The topological polar surface area (TPSA) is 70.9 Å². The number of hydrogen-bond acceptors (Lipinski definition) is 2. The van der Waals surface area contributed by atoms with Crippen LogP contribution in [0.25, 0.3) is 10.9 Å². The largest absolute Gasteiger partial charge is 0.399 e. The van der Waals surface area contributed by atoms with Gasteiger partial charge in [-0.15, -0.1) is 0 Å². The first-order valence-electron chi connectivity index (χ1n) is 7.83. The van der Waals surface area contributed by atoms with Crippen molar-refractivity contribution in [1.82, 2.24) is 10.3 Å². The van der Waals surface area contributed by atoms with Gasteiger partial charge in [-0.25, -0.2) is 0 Å². The Morgan fingerprint density at radius 2 is 2.05 bits per heavy atom. The summed E-state index contributed by atoms with van der Waals surface area (Å²) in [6.07, 6.45) is 5.45. The Bertz CT molecular complexity index is 603. The van der Waals surface area contributed by atoms with Gasteiger partial charge in [-0.05, 0) is 37.1 Å². The number of aromatic amines is 1. The summed E-state index contributed by atoms with van der Waals surface area (Å²) in [5, 5.41) is 4.12. The maximum absolute atomic E-state index is 12.4. The van der Waals surface area contributed by atoms with Crippen LogP contribution in [-0.2, 0) is 0 Å². The van der Waals surface area contributed by atoms with Crippen LogP contribution in [0.2, 0.25) is 0 Å². The molecule has 0 radical (unpaired) electrons. The molecule has 4 nitrogen and oxygen atoms in total. The maximum Gasteiger partial charge on any atom is 0.267 e. The zero-order valence-electron chi connectivity index (χ0n) is 12.9. The van der Waals surface area contributed by atoms with E-state index in [9.17, 15) is 4.79 Å². The molecule has 1 amide bonds. The fraction of sp³-hybridized carbons (Fsp3) is 0.471. The minimum absolute atomic E-state index is 0.0284. The van der Waals surface area contributed by atoms with Crippen LogP contribution in [0.1, 0.15) is 56.4 Å². The van der Waals surface area contributed by atoms with Crippen molar-refractivity contribution in [2.45, 2.75) is 52.0 Å². The van der Waals surface area contributed by atoms with E-state index in [1.54, 1.807) is 0 Å². The summed E-state index contributed by atoms with van der Waals surface area (Å²) >= 11 is 0. The van der Waals surface area contributed by atoms with Gasteiger partial charge >= 0.3 is 0 Å². The van der Waals surface area contributed by atoms with E-state index in [4.69, 9.17) is 5.73 Å². The lowest BCUT2D eigenvalue weighted by atomic mass is 10.1. The molecular weight excluding hydrogens is 262 g/mol. The molecule has 1 aromatic carbocycles. The number of carbonyl (C=O) groups is 1. The van der Waals surface area contributed by atoms with E-state index in [1.165, 1.54) is 0 Å². The number of nitrogen functional groups attached to an aromatic ring is 1. The van der Waals surface area contributed by atoms with E-state index < -0.39 is 0 Å². The van der Waals surface area contributed by atoms with Gasteiger partial charge in [0.05, 0.1) is 0 Å². The van der Waals surface area contributed by atoms with Crippen LogP contribution in [-0.4, -0.2) is 16.9 Å². The third-order valence-corrected chi connectivity index (χ3v) is 3.77. The number of carbonyl (C=O) groups excluding carboxylic acids is 1. The van der Waals surface area contributed by atoms with Gasteiger partial charge in [0.1, 0.15) is 5.69 Å². The molecule has 0 saturated heterocycles. The van der Waals surface area contributed by atoms with Crippen LogP contribution in [0.5, 0.6) is 0 Å². The molecule has 0 aliphatic carbocycles. The van der Waals surface area contributed by atoms with E-state index in [1.807, 2.05) is 24.3 Å². The molecule has 0 aliphatic rings. The van der Waals surface area contributed by atoms with Gasteiger partial charge in [0, 0.05) is 22.6 Å². The molecule has 0 bridgehead atoms. The first-order chi connectivity index (χ1) is 10.1. The van der Waals surface area contributed by atoms with E-state index >= 15 is 0 Å². The zero-order valence-corrected chi connectivity index (χ0v) is 12.9. The predicted molar refractivity (Wildman–Crippen MR) is 88.4 cm³/mol. The van der Waals surface area contributed by atoms with Gasteiger partial charge in [-0.2, -0.15) is 0 Å². The van der Waals surface area contributed by atoms with E-state index in [-0.39, 0.29) is 11.9 Å². The van der Waals surface area contributed by atoms with Crippen molar-refractivity contribution in [3.8, 4) is 0 Å². The van der Waals surface area contributed by atoms with E-state index in [0.29, 0.717) is 11.4 Å². The summed E-state index contributed by atoms with van der Waals surface area (Å²) in [6, 6.07) is 7.75. The average Bonchev–Trinajstić information content (AvgIpc) is 2.88. The Kier molecular flexibility index (Phi) is 5.26. The highest BCUT2D eigenvalue weighted by atomic mass is 16.1. The van der Waals surface area contributed by atoms with Crippen molar-refractivity contribution in [3.63, 3.8) is 0 Å². The van der Waals surface area contributed by atoms with Crippen molar-refractivity contribution in [1.29, 1.82) is 0 Å². The Morgan fingerprint density at radius 1 is 1.24 bits per heavy atom. The number of benzene rings is 1.